The summed E-state index contributed by atoms with van der Waals surface area (Å²) in [5, 5.41) is 17.4. The number of nitrogens with zero attached hydrogens (tertiary/aromatic N) is 3. The van der Waals surface area contributed by atoms with E-state index in [-0.39, 0.29) is 23.6 Å². The fraction of sp³-hybridized carbons (Fsp3) is 0.421. The first-order valence-corrected chi connectivity index (χ1v) is 9.09. The topological polar surface area (TPSA) is 119 Å². The molecule has 1 aromatic heterocycles. The van der Waals surface area contributed by atoms with E-state index in [0.717, 1.165) is 19.3 Å². The number of carbonyl (C=O) groups is 2. The first-order valence-electron chi connectivity index (χ1n) is 9.09. The molecule has 0 radical (unpaired) electrons. The van der Waals surface area contributed by atoms with Crippen LogP contribution in [0.15, 0.2) is 28.8 Å². The van der Waals surface area contributed by atoms with Crippen LogP contribution < -0.4 is 5.32 Å². The van der Waals surface area contributed by atoms with E-state index in [2.05, 4.69) is 10.5 Å². The Morgan fingerprint density at radius 3 is 2.61 bits per heavy atom. The predicted octanol–water partition coefficient (Wildman–Crippen LogP) is 3.47. The molecule has 2 amide bonds. The van der Waals surface area contributed by atoms with Gasteiger partial charge in [-0.3, -0.25) is 19.7 Å². The maximum atomic E-state index is 12.9. The van der Waals surface area contributed by atoms with Crippen LogP contribution in [0.3, 0.4) is 0 Å². The summed E-state index contributed by atoms with van der Waals surface area (Å²) in [7, 11) is 0. The number of unbranched alkanes of at least 4 members (excludes halogenated alkanes) is 2. The fourth-order valence-corrected chi connectivity index (χ4v) is 2.71. The van der Waals surface area contributed by atoms with Crippen LogP contribution in [0.5, 0.6) is 0 Å². The van der Waals surface area contributed by atoms with Crippen LogP contribution in [0, 0.1) is 24.0 Å². The third-order valence-electron chi connectivity index (χ3n) is 4.20. The summed E-state index contributed by atoms with van der Waals surface area (Å²) in [6.07, 6.45) is 2.59. The minimum Gasteiger partial charge on any atom is -0.360 e. The van der Waals surface area contributed by atoms with E-state index in [1.165, 1.54) is 23.1 Å². The summed E-state index contributed by atoms with van der Waals surface area (Å²) >= 11 is 0. The number of rotatable bonds is 9. The number of nitro benzene ring substituents is 1. The summed E-state index contributed by atoms with van der Waals surface area (Å²) < 4.78 is 4.90. The Bertz CT molecular complexity index is 862. The monoisotopic (exact) mass is 388 g/mol. The van der Waals surface area contributed by atoms with Crippen molar-refractivity contribution < 1.29 is 19.0 Å². The number of nitro groups is 1. The number of hydrogen-bond acceptors (Lipinski definition) is 6. The van der Waals surface area contributed by atoms with Crippen molar-refractivity contribution in [2.24, 2.45) is 0 Å². The standard InChI is InChI=1S/C19H24N4O5/c1-4-5-6-9-22(12-18(24)20-17-10-14(3)28-21-17)19(25)15-8-7-13(2)16(11-15)23(26)27/h7-8,10-11H,4-6,9,12H2,1-3H3,(H,20,21,24). The zero-order valence-corrected chi connectivity index (χ0v) is 16.2. The molecule has 28 heavy (non-hydrogen) atoms. The SMILES string of the molecule is CCCCCN(CC(=O)Nc1cc(C)on1)C(=O)c1ccc(C)c([N+](=O)[O-])c1. The molecular weight excluding hydrogens is 364 g/mol. The maximum absolute atomic E-state index is 12.9. The Kier molecular flexibility index (Phi) is 7.25. The van der Waals surface area contributed by atoms with E-state index in [1.54, 1.807) is 19.9 Å². The van der Waals surface area contributed by atoms with E-state index in [0.29, 0.717) is 17.9 Å². The van der Waals surface area contributed by atoms with Crippen molar-refractivity contribution in [1.82, 2.24) is 10.1 Å². The second-order valence-electron chi connectivity index (χ2n) is 6.56. The second kappa shape index (κ2) is 9.63. The molecule has 0 saturated heterocycles. The van der Waals surface area contributed by atoms with Crippen LogP contribution in [0.1, 0.15) is 47.9 Å². The van der Waals surface area contributed by atoms with Gasteiger partial charge in [0.1, 0.15) is 12.3 Å². The molecule has 0 fully saturated rings. The van der Waals surface area contributed by atoms with Crippen molar-refractivity contribution >= 4 is 23.3 Å². The van der Waals surface area contributed by atoms with Crippen LogP contribution in [0.4, 0.5) is 11.5 Å². The smallest absolute Gasteiger partial charge is 0.273 e. The summed E-state index contributed by atoms with van der Waals surface area (Å²) in [4.78, 5) is 37.3. The van der Waals surface area contributed by atoms with Crippen LogP contribution in [0.2, 0.25) is 0 Å². The van der Waals surface area contributed by atoms with Gasteiger partial charge in [-0.25, -0.2) is 0 Å². The highest BCUT2D eigenvalue weighted by Gasteiger charge is 2.22. The highest BCUT2D eigenvalue weighted by molar-refractivity contribution is 5.99. The highest BCUT2D eigenvalue weighted by atomic mass is 16.6. The Hall–Kier alpha value is -3.23. The van der Waals surface area contributed by atoms with Gasteiger partial charge in [0.05, 0.1) is 4.92 Å². The molecule has 0 unspecified atom stereocenters. The van der Waals surface area contributed by atoms with Crippen molar-refractivity contribution in [2.45, 2.75) is 40.0 Å². The van der Waals surface area contributed by atoms with Gasteiger partial charge in [0.15, 0.2) is 5.82 Å². The number of hydrogen-bond donors (Lipinski definition) is 1. The number of carbonyl (C=O) groups excluding carboxylic acids is 2. The van der Waals surface area contributed by atoms with Crippen molar-refractivity contribution in [2.75, 3.05) is 18.4 Å². The molecule has 1 heterocycles. The number of benzene rings is 1. The van der Waals surface area contributed by atoms with E-state index in [1.807, 2.05) is 6.92 Å². The summed E-state index contributed by atoms with van der Waals surface area (Å²) in [6.45, 7) is 5.54. The van der Waals surface area contributed by atoms with Gasteiger partial charge in [0, 0.05) is 29.8 Å². The van der Waals surface area contributed by atoms with E-state index in [4.69, 9.17) is 4.52 Å². The minimum atomic E-state index is -0.521. The number of amides is 2. The maximum Gasteiger partial charge on any atom is 0.273 e. The zero-order chi connectivity index (χ0) is 20.7. The molecule has 1 N–H and O–H groups in total. The summed E-state index contributed by atoms with van der Waals surface area (Å²) in [6, 6.07) is 5.90. The lowest BCUT2D eigenvalue weighted by Gasteiger charge is -2.22. The number of aryl methyl sites for hydroxylation is 2. The quantitative estimate of drug-likeness (QED) is 0.399. The van der Waals surface area contributed by atoms with Crippen LogP contribution >= 0.6 is 0 Å². The van der Waals surface area contributed by atoms with Crippen molar-refractivity contribution in [1.29, 1.82) is 0 Å². The number of anilines is 1. The largest absolute Gasteiger partial charge is 0.360 e. The van der Waals surface area contributed by atoms with Gasteiger partial charge in [-0.1, -0.05) is 31.0 Å². The van der Waals surface area contributed by atoms with Gasteiger partial charge in [-0.05, 0) is 26.3 Å². The second-order valence-corrected chi connectivity index (χ2v) is 6.56. The highest BCUT2D eigenvalue weighted by Crippen LogP contribution is 2.20. The molecule has 9 heteroatoms. The van der Waals surface area contributed by atoms with Crippen LogP contribution in [-0.4, -0.2) is 39.9 Å². The fourth-order valence-electron chi connectivity index (χ4n) is 2.71. The molecule has 0 aliphatic rings. The summed E-state index contributed by atoms with van der Waals surface area (Å²) in [5.74, 6) is -0.0157. The molecule has 1 aromatic carbocycles. The van der Waals surface area contributed by atoms with Gasteiger partial charge < -0.3 is 14.7 Å². The van der Waals surface area contributed by atoms with Crippen molar-refractivity contribution in [3.05, 3.63) is 51.3 Å². The number of nitrogens with one attached hydrogen (secondary N) is 1. The molecule has 0 bridgehead atoms. The van der Waals surface area contributed by atoms with Crippen LogP contribution in [0.25, 0.3) is 0 Å². The van der Waals surface area contributed by atoms with Gasteiger partial charge in [-0.15, -0.1) is 0 Å². The molecule has 2 aromatic rings. The van der Waals surface area contributed by atoms with Gasteiger partial charge in [-0.2, -0.15) is 0 Å². The Labute approximate surface area is 162 Å². The zero-order valence-electron chi connectivity index (χ0n) is 16.2. The molecule has 0 aliphatic carbocycles. The van der Waals surface area contributed by atoms with Crippen LogP contribution in [-0.2, 0) is 4.79 Å². The lowest BCUT2D eigenvalue weighted by Crippen LogP contribution is -2.38. The lowest BCUT2D eigenvalue weighted by atomic mass is 10.1. The lowest BCUT2D eigenvalue weighted by molar-refractivity contribution is -0.385. The van der Waals surface area contributed by atoms with E-state index in [9.17, 15) is 19.7 Å². The van der Waals surface area contributed by atoms with Crippen molar-refractivity contribution in [3.63, 3.8) is 0 Å². The minimum absolute atomic E-state index is 0.123. The average Bonchev–Trinajstić information content (AvgIpc) is 3.05. The Morgan fingerprint density at radius 1 is 1.25 bits per heavy atom. The third-order valence-corrected chi connectivity index (χ3v) is 4.20. The molecule has 0 saturated carbocycles. The predicted molar refractivity (Wildman–Crippen MR) is 103 cm³/mol. The molecule has 9 nitrogen and oxygen atoms in total. The Morgan fingerprint density at radius 2 is 2.00 bits per heavy atom. The van der Waals surface area contributed by atoms with E-state index >= 15 is 0 Å². The van der Waals surface area contributed by atoms with Crippen molar-refractivity contribution in [3.8, 4) is 0 Å². The Balaban J connectivity index is 2.16. The third kappa shape index (κ3) is 5.63. The average molecular weight is 388 g/mol. The number of aromatic nitrogens is 1. The molecule has 0 spiro atoms. The summed E-state index contributed by atoms with van der Waals surface area (Å²) in [5.41, 5.74) is 0.527. The van der Waals surface area contributed by atoms with Gasteiger partial charge in [0.25, 0.3) is 11.6 Å². The molecular formula is C19H24N4O5. The normalized spacial score (nSPS) is 10.5. The molecule has 0 aliphatic heterocycles. The van der Waals surface area contributed by atoms with Gasteiger partial charge >= 0.3 is 0 Å². The first-order chi connectivity index (χ1) is 13.3. The van der Waals surface area contributed by atoms with Gasteiger partial charge in [0.2, 0.25) is 5.91 Å². The molecule has 2 rings (SSSR count). The molecule has 0 atom stereocenters. The molecule has 150 valence electrons. The van der Waals surface area contributed by atoms with E-state index < -0.39 is 16.7 Å². The first kappa shape index (κ1) is 21.1.